The summed E-state index contributed by atoms with van der Waals surface area (Å²) in [6.07, 6.45) is 6.71. The van der Waals surface area contributed by atoms with Crippen LogP contribution >= 0.6 is 23.2 Å². The average molecular weight is 430 g/mol. The minimum Gasteiger partial charge on any atom is -0.465 e. The van der Waals surface area contributed by atoms with Gasteiger partial charge in [0.2, 0.25) is 5.91 Å². The molecule has 2 heterocycles. The third-order valence-electron chi connectivity index (χ3n) is 4.34. The number of amides is 1. The van der Waals surface area contributed by atoms with E-state index in [1.54, 1.807) is 13.2 Å². The van der Waals surface area contributed by atoms with Crippen LogP contribution in [0.4, 0.5) is 0 Å². The number of ether oxygens (including phenoxy) is 2. The largest absolute Gasteiger partial charge is 0.465 e. The first kappa shape index (κ1) is 24.5. The van der Waals surface area contributed by atoms with E-state index in [4.69, 9.17) is 23.2 Å². The van der Waals surface area contributed by atoms with E-state index >= 15 is 0 Å². The average Bonchev–Trinajstić information content (AvgIpc) is 2.98. The monoisotopic (exact) mass is 429 g/mol. The standard InChI is InChI=1S/C10H15NO.C7H6Cl2.C4H8O3/c1-2-8-7-9-5-3-4-6-11(9)10(8)12;1-5-2-6(8)4-7(9)3-5;1-6-2-3-7-4-5/h7,9H,2-6H2,1H3;2-4H,1H3;4H,2-3H2,1H3. The molecule has 1 aromatic rings. The molecule has 156 valence electrons. The Hall–Kier alpha value is -1.56. The maximum Gasteiger partial charge on any atom is 0.293 e. The summed E-state index contributed by atoms with van der Waals surface area (Å²) in [4.78, 5) is 23.1. The summed E-state index contributed by atoms with van der Waals surface area (Å²) in [6.45, 7) is 6.21. The van der Waals surface area contributed by atoms with Gasteiger partial charge in [0.15, 0.2) is 0 Å². The fourth-order valence-corrected chi connectivity index (χ4v) is 3.65. The number of hydrogen-bond donors (Lipinski definition) is 0. The lowest BCUT2D eigenvalue weighted by Gasteiger charge is -2.29. The summed E-state index contributed by atoms with van der Waals surface area (Å²) in [6, 6.07) is 5.90. The molecule has 1 unspecified atom stereocenters. The molecule has 1 atom stereocenters. The Morgan fingerprint density at radius 3 is 2.36 bits per heavy atom. The number of rotatable bonds is 5. The lowest BCUT2D eigenvalue weighted by Crippen LogP contribution is -2.38. The number of hydrogen-bond acceptors (Lipinski definition) is 4. The molecule has 28 heavy (non-hydrogen) atoms. The van der Waals surface area contributed by atoms with Gasteiger partial charge in [-0.1, -0.05) is 36.2 Å². The number of piperidine rings is 1. The molecule has 3 rings (SSSR count). The highest BCUT2D eigenvalue weighted by atomic mass is 35.5. The summed E-state index contributed by atoms with van der Waals surface area (Å²) >= 11 is 11.3. The second-order valence-electron chi connectivity index (χ2n) is 6.51. The highest BCUT2D eigenvalue weighted by Crippen LogP contribution is 2.27. The van der Waals surface area contributed by atoms with Crippen molar-refractivity contribution in [1.29, 1.82) is 0 Å². The minimum atomic E-state index is 0.294. The van der Waals surface area contributed by atoms with Crippen molar-refractivity contribution in [3.05, 3.63) is 45.5 Å². The van der Waals surface area contributed by atoms with Crippen molar-refractivity contribution < 1.29 is 19.1 Å². The molecule has 0 bridgehead atoms. The van der Waals surface area contributed by atoms with Crippen LogP contribution in [0.1, 0.15) is 38.2 Å². The molecule has 0 aromatic heterocycles. The molecule has 0 spiro atoms. The summed E-state index contributed by atoms with van der Waals surface area (Å²) in [5.41, 5.74) is 2.12. The number of carbonyl (C=O) groups is 2. The fourth-order valence-electron chi connectivity index (χ4n) is 3.01. The van der Waals surface area contributed by atoms with Crippen LogP contribution in [0.3, 0.4) is 0 Å². The van der Waals surface area contributed by atoms with Gasteiger partial charge in [0, 0.05) is 29.3 Å². The van der Waals surface area contributed by atoms with Crippen molar-refractivity contribution in [3.63, 3.8) is 0 Å². The Morgan fingerprint density at radius 2 is 1.86 bits per heavy atom. The second-order valence-corrected chi connectivity index (χ2v) is 7.39. The molecule has 1 fully saturated rings. The smallest absolute Gasteiger partial charge is 0.293 e. The summed E-state index contributed by atoms with van der Waals surface area (Å²) in [5, 5.41) is 1.39. The highest BCUT2D eigenvalue weighted by Gasteiger charge is 2.32. The van der Waals surface area contributed by atoms with Crippen molar-refractivity contribution in [1.82, 2.24) is 4.90 Å². The van der Waals surface area contributed by atoms with Crippen LogP contribution in [0, 0.1) is 6.92 Å². The number of fused-ring (bicyclic) bond motifs is 1. The zero-order chi connectivity index (χ0) is 20.9. The normalized spacial score (nSPS) is 17.5. The Labute approximate surface area is 177 Å². The number of nitrogens with zero attached hydrogens (tertiary/aromatic N) is 1. The van der Waals surface area contributed by atoms with Gasteiger partial charge in [-0.05, 0) is 56.4 Å². The maximum absolute atomic E-state index is 11.6. The Kier molecular flexibility index (Phi) is 11.9. The first-order chi connectivity index (χ1) is 13.4. The minimum absolute atomic E-state index is 0.294. The van der Waals surface area contributed by atoms with Crippen LogP contribution in [0.5, 0.6) is 0 Å². The molecule has 2 aliphatic heterocycles. The lowest BCUT2D eigenvalue weighted by molar-refractivity contribution is -0.130. The molecule has 1 amide bonds. The second kappa shape index (κ2) is 13.6. The van der Waals surface area contributed by atoms with Gasteiger partial charge in [-0.15, -0.1) is 0 Å². The van der Waals surface area contributed by atoms with Gasteiger partial charge in [-0.25, -0.2) is 0 Å². The van der Waals surface area contributed by atoms with E-state index in [2.05, 4.69) is 22.5 Å². The molecule has 0 N–H and O–H groups in total. The molecule has 0 saturated carbocycles. The first-order valence-electron chi connectivity index (χ1n) is 9.41. The topological polar surface area (TPSA) is 55.8 Å². The van der Waals surface area contributed by atoms with E-state index < -0.39 is 0 Å². The van der Waals surface area contributed by atoms with Crippen LogP contribution in [0.15, 0.2) is 29.8 Å². The van der Waals surface area contributed by atoms with Crippen molar-refractivity contribution >= 4 is 35.6 Å². The van der Waals surface area contributed by atoms with Gasteiger partial charge in [-0.3, -0.25) is 9.59 Å². The molecule has 5 nitrogen and oxygen atoms in total. The van der Waals surface area contributed by atoms with Crippen molar-refractivity contribution in [3.8, 4) is 0 Å². The van der Waals surface area contributed by atoms with E-state index in [0.717, 1.165) is 24.1 Å². The molecule has 1 aromatic carbocycles. The van der Waals surface area contributed by atoms with Crippen molar-refractivity contribution in [2.24, 2.45) is 0 Å². The summed E-state index contributed by atoms with van der Waals surface area (Å²) in [5.74, 6) is 0.294. The predicted molar refractivity (Wildman–Crippen MR) is 113 cm³/mol. The van der Waals surface area contributed by atoms with Gasteiger partial charge in [0.1, 0.15) is 6.61 Å². The maximum atomic E-state index is 11.6. The lowest BCUT2D eigenvalue weighted by atomic mass is 10.0. The van der Waals surface area contributed by atoms with Crippen molar-refractivity contribution in [2.45, 2.75) is 45.6 Å². The van der Waals surface area contributed by atoms with Crippen molar-refractivity contribution in [2.75, 3.05) is 26.9 Å². The molecular weight excluding hydrogens is 401 g/mol. The van der Waals surface area contributed by atoms with Gasteiger partial charge in [0.25, 0.3) is 6.47 Å². The van der Waals surface area contributed by atoms with Crippen LogP contribution in [0.2, 0.25) is 10.0 Å². The van der Waals surface area contributed by atoms with E-state index in [1.807, 2.05) is 24.0 Å². The molecule has 0 aliphatic carbocycles. The summed E-state index contributed by atoms with van der Waals surface area (Å²) < 4.78 is 8.83. The summed E-state index contributed by atoms with van der Waals surface area (Å²) in [7, 11) is 1.55. The Morgan fingerprint density at radius 1 is 1.18 bits per heavy atom. The predicted octanol–water partition coefficient (Wildman–Crippen LogP) is 4.83. The number of carbonyl (C=O) groups excluding carboxylic acids is 2. The molecule has 2 aliphatic rings. The van der Waals surface area contributed by atoms with Gasteiger partial charge >= 0.3 is 0 Å². The molecule has 1 saturated heterocycles. The van der Waals surface area contributed by atoms with E-state index in [0.29, 0.717) is 41.7 Å². The fraction of sp³-hybridized carbons (Fsp3) is 0.524. The van der Waals surface area contributed by atoms with E-state index in [9.17, 15) is 9.59 Å². The van der Waals surface area contributed by atoms with Crippen LogP contribution < -0.4 is 0 Å². The SMILES string of the molecule is CCC1=CC2CCCCN2C1=O.COCCOC=O.Cc1cc(Cl)cc(Cl)c1. The highest BCUT2D eigenvalue weighted by molar-refractivity contribution is 6.34. The van der Waals surface area contributed by atoms with Gasteiger partial charge in [-0.2, -0.15) is 0 Å². The quantitative estimate of drug-likeness (QED) is 0.496. The Bertz CT molecular complexity index is 613. The number of methoxy groups -OCH3 is 1. The molecule has 7 heteroatoms. The Balaban J connectivity index is 0.000000220. The van der Waals surface area contributed by atoms with Crippen LogP contribution in [0.25, 0.3) is 0 Å². The van der Waals surface area contributed by atoms with Gasteiger partial charge in [0.05, 0.1) is 12.6 Å². The first-order valence-corrected chi connectivity index (χ1v) is 10.2. The third-order valence-corrected chi connectivity index (χ3v) is 4.78. The molecular formula is C21H29Cl2NO4. The number of halogens is 2. The third kappa shape index (κ3) is 8.63. The molecule has 0 radical (unpaired) electrons. The number of aryl methyl sites for hydroxylation is 1. The van der Waals surface area contributed by atoms with E-state index in [-0.39, 0.29) is 0 Å². The number of benzene rings is 1. The van der Waals surface area contributed by atoms with Gasteiger partial charge < -0.3 is 14.4 Å². The van der Waals surface area contributed by atoms with Crippen LogP contribution in [-0.2, 0) is 19.1 Å². The zero-order valence-corrected chi connectivity index (χ0v) is 18.3. The van der Waals surface area contributed by atoms with E-state index in [1.165, 1.54) is 19.3 Å². The zero-order valence-electron chi connectivity index (χ0n) is 16.7. The van der Waals surface area contributed by atoms with Crippen LogP contribution in [-0.4, -0.2) is 50.2 Å².